The first-order valence-corrected chi connectivity index (χ1v) is 7.16. The van der Waals surface area contributed by atoms with Gasteiger partial charge in [-0.1, -0.05) is 23.2 Å². The molecular weight excluding hydrogens is 285 g/mol. The first-order valence-electron chi connectivity index (χ1n) is 6.40. The lowest BCUT2D eigenvalue weighted by atomic mass is 10.3. The van der Waals surface area contributed by atoms with E-state index in [0.29, 0.717) is 21.9 Å². The second-order valence-electron chi connectivity index (χ2n) is 5.07. The summed E-state index contributed by atoms with van der Waals surface area (Å²) in [5.41, 5.74) is 0. The fraction of sp³-hybridized carbons (Fsp3) is 0.667. The van der Waals surface area contributed by atoms with Crippen LogP contribution in [0, 0.1) is 0 Å². The average molecular weight is 304 g/mol. The van der Waals surface area contributed by atoms with E-state index in [1.165, 1.54) is 0 Å². The molecule has 0 amide bonds. The summed E-state index contributed by atoms with van der Waals surface area (Å²) in [7, 11) is 2.11. The van der Waals surface area contributed by atoms with Gasteiger partial charge in [-0.2, -0.15) is 9.97 Å². The molecule has 2 heterocycles. The van der Waals surface area contributed by atoms with Crippen LogP contribution >= 0.6 is 23.2 Å². The molecule has 7 heteroatoms. The zero-order valence-corrected chi connectivity index (χ0v) is 13.0. The highest BCUT2D eigenvalue weighted by Gasteiger charge is 2.19. The molecule has 0 spiro atoms. The smallest absolute Gasteiger partial charge is 0.228 e. The van der Waals surface area contributed by atoms with Crippen molar-refractivity contribution in [3.63, 3.8) is 0 Å². The van der Waals surface area contributed by atoms with Gasteiger partial charge in [0.15, 0.2) is 11.0 Å². The van der Waals surface area contributed by atoms with Gasteiger partial charge >= 0.3 is 0 Å². The van der Waals surface area contributed by atoms with Crippen LogP contribution in [0.3, 0.4) is 0 Å². The molecule has 1 fully saturated rings. The van der Waals surface area contributed by atoms with Gasteiger partial charge in [0.2, 0.25) is 5.95 Å². The maximum absolute atomic E-state index is 6.13. The Labute approximate surface area is 123 Å². The monoisotopic (exact) mass is 303 g/mol. The lowest BCUT2D eigenvalue weighted by Gasteiger charge is -2.32. The number of hydrogen-bond acceptors (Lipinski definition) is 5. The van der Waals surface area contributed by atoms with Gasteiger partial charge in [0.25, 0.3) is 0 Å². The van der Waals surface area contributed by atoms with E-state index in [0.717, 1.165) is 26.2 Å². The fourth-order valence-corrected chi connectivity index (χ4v) is 2.23. The van der Waals surface area contributed by atoms with E-state index < -0.39 is 0 Å². The number of likely N-dealkylation sites (N-methyl/N-ethyl adjacent to an activating group) is 1. The van der Waals surface area contributed by atoms with E-state index in [1.54, 1.807) is 0 Å². The number of hydrogen-bond donors (Lipinski definition) is 1. The van der Waals surface area contributed by atoms with E-state index in [9.17, 15) is 0 Å². The van der Waals surface area contributed by atoms with Crippen molar-refractivity contribution in [3.05, 3.63) is 10.2 Å². The molecule has 106 valence electrons. The van der Waals surface area contributed by atoms with Crippen molar-refractivity contribution in [1.29, 1.82) is 0 Å². The minimum atomic E-state index is 0.240. The molecule has 0 atom stereocenters. The van der Waals surface area contributed by atoms with E-state index in [4.69, 9.17) is 23.2 Å². The van der Waals surface area contributed by atoms with Gasteiger partial charge < -0.3 is 15.1 Å². The molecule has 19 heavy (non-hydrogen) atoms. The first-order chi connectivity index (χ1) is 8.97. The summed E-state index contributed by atoms with van der Waals surface area (Å²) < 4.78 is 0. The molecule has 5 nitrogen and oxygen atoms in total. The Morgan fingerprint density at radius 3 is 2.32 bits per heavy atom. The molecule has 1 saturated heterocycles. The van der Waals surface area contributed by atoms with Crippen LogP contribution in [-0.2, 0) is 0 Å². The van der Waals surface area contributed by atoms with E-state index >= 15 is 0 Å². The SMILES string of the molecule is CC(C)Nc1nc(N2CCN(C)CC2)nc(Cl)c1Cl. The average Bonchev–Trinajstić information content (AvgIpc) is 2.35. The highest BCUT2D eigenvalue weighted by molar-refractivity contribution is 6.42. The van der Waals surface area contributed by atoms with Gasteiger partial charge in [0.05, 0.1) is 0 Å². The molecule has 0 bridgehead atoms. The Balaban J connectivity index is 2.23. The summed E-state index contributed by atoms with van der Waals surface area (Å²) in [6.45, 7) is 7.85. The molecule has 2 rings (SSSR count). The molecule has 1 aliphatic heterocycles. The summed E-state index contributed by atoms with van der Waals surface area (Å²) >= 11 is 12.2. The molecule has 0 radical (unpaired) electrons. The number of anilines is 2. The molecule has 1 N–H and O–H groups in total. The van der Waals surface area contributed by atoms with E-state index in [2.05, 4.69) is 32.1 Å². The highest BCUT2D eigenvalue weighted by Crippen LogP contribution is 2.29. The van der Waals surface area contributed by atoms with Crippen molar-refractivity contribution in [2.75, 3.05) is 43.4 Å². The van der Waals surface area contributed by atoms with Gasteiger partial charge in [-0.05, 0) is 20.9 Å². The second-order valence-corrected chi connectivity index (χ2v) is 5.80. The molecule has 0 aromatic carbocycles. The summed E-state index contributed by atoms with van der Waals surface area (Å²) in [6.07, 6.45) is 0. The first kappa shape index (κ1) is 14.6. The van der Waals surface area contributed by atoms with Crippen LogP contribution in [-0.4, -0.2) is 54.1 Å². The quantitative estimate of drug-likeness (QED) is 0.869. The molecule has 0 saturated carbocycles. The van der Waals surface area contributed by atoms with Gasteiger partial charge in [-0.3, -0.25) is 0 Å². The Bertz CT molecular complexity index is 444. The van der Waals surface area contributed by atoms with Crippen molar-refractivity contribution in [1.82, 2.24) is 14.9 Å². The van der Waals surface area contributed by atoms with Crippen LogP contribution < -0.4 is 10.2 Å². The van der Waals surface area contributed by atoms with Crippen molar-refractivity contribution in [3.8, 4) is 0 Å². The third-order valence-corrected chi connectivity index (χ3v) is 3.74. The number of aromatic nitrogens is 2. The van der Waals surface area contributed by atoms with Gasteiger partial charge in [0.1, 0.15) is 5.02 Å². The largest absolute Gasteiger partial charge is 0.366 e. The fourth-order valence-electron chi connectivity index (χ4n) is 1.93. The maximum atomic E-state index is 6.13. The summed E-state index contributed by atoms with van der Waals surface area (Å²) in [6, 6.07) is 0.240. The van der Waals surface area contributed by atoms with Gasteiger partial charge in [-0.25, -0.2) is 0 Å². The normalized spacial score (nSPS) is 17.1. The number of nitrogens with zero attached hydrogens (tertiary/aromatic N) is 4. The second kappa shape index (κ2) is 6.11. The van der Waals surface area contributed by atoms with Gasteiger partial charge in [0, 0.05) is 32.2 Å². The Morgan fingerprint density at radius 1 is 1.11 bits per heavy atom. The third kappa shape index (κ3) is 3.61. The lowest BCUT2D eigenvalue weighted by molar-refractivity contribution is 0.311. The molecular formula is C12H19Cl2N5. The van der Waals surface area contributed by atoms with Crippen molar-refractivity contribution in [2.24, 2.45) is 0 Å². The van der Waals surface area contributed by atoms with Crippen molar-refractivity contribution < 1.29 is 0 Å². The van der Waals surface area contributed by atoms with E-state index in [-0.39, 0.29) is 6.04 Å². The number of rotatable bonds is 3. The van der Waals surface area contributed by atoms with Crippen LogP contribution in [0.2, 0.25) is 10.2 Å². The number of halogens is 2. The van der Waals surface area contributed by atoms with Crippen molar-refractivity contribution in [2.45, 2.75) is 19.9 Å². The zero-order valence-electron chi connectivity index (χ0n) is 11.5. The Hall–Kier alpha value is -0.780. The van der Waals surface area contributed by atoms with Crippen LogP contribution in [0.4, 0.5) is 11.8 Å². The minimum absolute atomic E-state index is 0.240. The molecule has 0 aliphatic carbocycles. The summed E-state index contributed by atoms with van der Waals surface area (Å²) in [5.74, 6) is 1.25. The number of nitrogens with one attached hydrogen (secondary N) is 1. The minimum Gasteiger partial charge on any atom is -0.366 e. The number of piperazine rings is 1. The Morgan fingerprint density at radius 2 is 1.74 bits per heavy atom. The molecule has 1 aromatic heterocycles. The third-order valence-electron chi connectivity index (χ3n) is 3.01. The standard InChI is InChI=1S/C12H19Cl2N5/c1-8(2)15-11-9(13)10(14)16-12(17-11)19-6-4-18(3)5-7-19/h8H,4-7H2,1-3H3,(H,15,16,17). The summed E-state index contributed by atoms with van der Waals surface area (Å²) in [4.78, 5) is 13.2. The van der Waals surface area contributed by atoms with Crippen LogP contribution in [0.5, 0.6) is 0 Å². The van der Waals surface area contributed by atoms with Crippen LogP contribution in [0.25, 0.3) is 0 Å². The molecule has 0 unspecified atom stereocenters. The highest BCUT2D eigenvalue weighted by atomic mass is 35.5. The predicted molar refractivity (Wildman–Crippen MR) is 80.5 cm³/mol. The van der Waals surface area contributed by atoms with E-state index in [1.807, 2.05) is 13.8 Å². The lowest BCUT2D eigenvalue weighted by Crippen LogP contribution is -2.45. The Kier molecular flexibility index (Phi) is 4.71. The topological polar surface area (TPSA) is 44.3 Å². The molecule has 1 aromatic rings. The van der Waals surface area contributed by atoms with Crippen molar-refractivity contribution >= 4 is 35.0 Å². The summed E-state index contributed by atoms with van der Waals surface area (Å²) in [5, 5.41) is 3.88. The maximum Gasteiger partial charge on any atom is 0.228 e. The molecule has 1 aliphatic rings. The van der Waals surface area contributed by atoms with Crippen LogP contribution in [0.15, 0.2) is 0 Å². The zero-order chi connectivity index (χ0) is 14.0. The van der Waals surface area contributed by atoms with Crippen LogP contribution in [0.1, 0.15) is 13.8 Å². The predicted octanol–water partition coefficient (Wildman–Crippen LogP) is 2.36. The van der Waals surface area contributed by atoms with Gasteiger partial charge in [-0.15, -0.1) is 0 Å².